The van der Waals surface area contributed by atoms with Gasteiger partial charge in [0.15, 0.2) is 12.0 Å². The molecule has 0 bridgehead atoms. The molecular weight excluding hydrogens is 544 g/mol. The number of nitrogens with two attached hydrogens (primary N) is 2. The van der Waals surface area contributed by atoms with Gasteiger partial charge >= 0.3 is 5.96 Å². The van der Waals surface area contributed by atoms with Crippen molar-refractivity contribution in [3.63, 3.8) is 0 Å². The molecular formula is C27H35N10O5+. The zero-order valence-electron chi connectivity index (χ0n) is 23.5. The summed E-state index contributed by atoms with van der Waals surface area (Å²) in [6.45, 7) is 4.58. The molecule has 6 rings (SSSR count). The van der Waals surface area contributed by atoms with Gasteiger partial charge in [-0.1, -0.05) is 26.0 Å². The molecule has 1 aromatic carbocycles. The summed E-state index contributed by atoms with van der Waals surface area (Å²) >= 11 is 0. The fourth-order valence-corrected chi connectivity index (χ4v) is 6.45. The summed E-state index contributed by atoms with van der Waals surface area (Å²) < 4.78 is 5.91. The van der Waals surface area contributed by atoms with Crippen molar-refractivity contribution in [1.29, 1.82) is 0 Å². The zero-order chi connectivity index (χ0) is 30.0. The minimum Gasteiger partial charge on any atom is -0.492 e. The number of carbonyl (C=O) groups is 2. The van der Waals surface area contributed by atoms with Crippen LogP contribution < -0.4 is 31.8 Å². The second-order valence-corrected chi connectivity index (χ2v) is 11.8. The molecule has 222 valence electrons. The summed E-state index contributed by atoms with van der Waals surface area (Å²) in [7, 11) is 1.56. The van der Waals surface area contributed by atoms with E-state index in [-0.39, 0.29) is 36.2 Å². The maximum absolute atomic E-state index is 13.6. The third kappa shape index (κ3) is 4.02. The molecule has 0 radical (unpaired) electrons. The number of carbonyl (C=O) groups excluding carboxylic acids is 2. The summed E-state index contributed by atoms with van der Waals surface area (Å²) in [5.74, 6) is -3.04. The number of aliphatic hydroxyl groups is 2. The Kier molecular flexibility index (Phi) is 6.27. The number of hydrogen-bond acceptors (Lipinski definition) is 12. The lowest BCUT2D eigenvalue weighted by molar-refractivity contribution is -0.521. The molecule has 4 atom stereocenters. The van der Waals surface area contributed by atoms with Crippen LogP contribution in [0.3, 0.4) is 0 Å². The summed E-state index contributed by atoms with van der Waals surface area (Å²) in [6, 6.07) is 4.12. The first kappa shape index (κ1) is 27.7. The molecule has 4 aliphatic rings. The van der Waals surface area contributed by atoms with Gasteiger partial charge in [0.2, 0.25) is 11.6 Å². The summed E-state index contributed by atoms with van der Waals surface area (Å²) in [4.78, 5) is 45.1. The van der Waals surface area contributed by atoms with E-state index < -0.39 is 41.4 Å². The van der Waals surface area contributed by atoms with Crippen LogP contribution in [0, 0.1) is 0 Å². The van der Waals surface area contributed by atoms with Crippen molar-refractivity contribution in [2.75, 3.05) is 26.7 Å². The predicted octanol–water partition coefficient (Wildman–Crippen LogP) is -3.84. The molecule has 9 N–H and O–H groups in total. The van der Waals surface area contributed by atoms with E-state index in [9.17, 15) is 19.8 Å². The number of nitrogens with zero attached hydrogens (tertiary/aromatic N) is 5. The number of para-hydroxylation sites is 1. The van der Waals surface area contributed by atoms with Gasteiger partial charge in [0.1, 0.15) is 17.8 Å². The Hall–Kier alpha value is -4.50. The second kappa shape index (κ2) is 9.52. The Morgan fingerprint density at radius 3 is 2.71 bits per heavy atom. The number of ether oxygens (including phenoxy) is 1. The van der Waals surface area contributed by atoms with Gasteiger partial charge in [0, 0.05) is 31.5 Å². The molecule has 5 heterocycles. The van der Waals surface area contributed by atoms with Crippen molar-refractivity contribution in [3.05, 3.63) is 53.6 Å². The van der Waals surface area contributed by atoms with Crippen molar-refractivity contribution in [1.82, 2.24) is 30.4 Å². The average molecular weight is 580 g/mol. The summed E-state index contributed by atoms with van der Waals surface area (Å²) in [5, 5.41) is 29.3. The fraction of sp³-hybridized carbons (Fsp3) is 0.481. The van der Waals surface area contributed by atoms with E-state index in [0.717, 1.165) is 12.0 Å². The quantitative estimate of drug-likeness (QED) is 0.170. The molecule has 1 saturated heterocycles. The maximum atomic E-state index is 13.6. The van der Waals surface area contributed by atoms with E-state index in [1.807, 2.05) is 6.07 Å². The number of hydrogen-bond donors (Lipinski definition) is 7. The number of benzene rings is 1. The van der Waals surface area contributed by atoms with Crippen molar-refractivity contribution < 1.29 is 29.5 Å². The number of aromatic nitrogens is 2. The van der Waals surface area contributed by atoms with Gasteiger partial charge in [0.05, 0.1) is 18.7 Å². The lowest BCUT2D eigenvalue weighted by Gasteiger charge is -2.46. The van der Waals surface area contributed by atoms with Crippen molar-refractivity contribution in [2.45, 2.75) is 55.3 Å². The molecule has 2 amide bonds. The second-order valence-electron chi connectivity index (χ2n) is 11.8. The van der Waals surface area contributed by atoms with Gasteiger partial charge in [-0.05, 0) is 24.0 Å². The summed E-state index contributed by atoms with van der Waals surface area (Å²) in [6.07, 6.45) is 3.73. The number of nitrogens with one attached hydrogen (secondary N) is 3. The zero-order valence-corrected chi connectivity index (χ0v) is 23.5. The van der Waals surface area contributed by atoms with Crippen molar-refractivity contribution >= 4 is 23.7 Å². The van der Waals surface area contributed by atoms with Crippen LogP contribution in [0.1, 0.15) is 46.8 Å². The van der Waals surface area contributed by atoms with E-state index >= 15 is 0 Å². The number of amides is 2. The average Bonchev–Trinajstić information content (AvgIpc) is 3.42. The Labute approximate surface area is 241 Å². The van der Waals surface area contributed by atoms with Crippen LogP contribution in [0.2, 0.25) is 0 Å². The smallest absolute Gasteiger partial charge is 0.343 e. The van der Waals surface area contributed by atoms with E-state index in [4.69, 9.17) is 16.2 Å². The number of likely N-dealkylation sites (N-methyl/N-ethyl adjacent to an activating group) is 1. The third-order valence-electron chi connectivity index (χ3n) is 8.72. The molecule has 1 spiro atoms. The van der Waals surface area contributed by atoms with Crippen LogP contribution in [-0.4, -0.2) is 110 Å². The van der Waals surface area contributed by atoms with Crippen LogP contribution in [0.4, 0.5) is 0 Å². The molecule has 15 nitrogen and oxygen atoms in total. The first-order valence-electron chi connectivity index (χ1n) is 13.7. The number of aliphatic imine (C=N–C) groups is 1. The Morgan fingerprint density at radius 2 is 1.98 bits per heavy atom. The van der Waals surface area contributed by atoms with E-state index in [1.54, 1.807) is 25.2 Å². The highest BCUT2D eigenvalue weighted by molar-refractivity contribution is 5.98. The topological polar surface area (TPSA) is 219 Å². The lowest BCUT2D eigenvalue weighted by atomic mass is 9.79. The Bertz CT molecular complexity index is 1500. The van der Waals surface area contributed by atoms with E-state index in [0.29, 0.717) is 17.9 Å². The third-order valence-corrected chi connectivity index (χ3v) is 8.72. The van der Waals surface area contributed by atoms with Crippen LogP contribution in [0.5, 0.6) is 5.75 Å². The molecule has 1 aromatic heterocycles. The minimum atomic E-state index is -2.60. The first-order chi connectivity index (χ1) is 19.9. The standard InChI is InChI=1S/C27H34N10O5/c1-25(2)8-11-42-18-14(6-4-7-15(18)25)21(38)33-17-13-37-24(29)32-16(12-36(3)22(39)20-30-9-5-10-31-20)19-26(37,27(17,40)41)35-23(28)34-19/h4-7,9-10,16-17,19,40-41H,8,11-13H2,1-3H3,(H2,29,32)(H,33,38)(H3,28,34,35)/p+1/t16-,17?,19-,26?/m0/s1. The number of fused-ring (bicyclic) bond motifs is 1. The highest BCUT2D eigenvalue weighted by atomic mass is 16.5. The SMILES string of the molecule is CN(C[C@@H]1N=C(N)N2CC(NC(=O)c3cccc4c3OCCC4(C)C)C(O)(O)C23NC(N)=[NH+][C@@H]13)C(=O)c1ncccn1. The lowest BCUT2D eigenvalue weighted by Crippen LogP contribution is -2.90. The van der Waals surface area contributed by atoms with Gasteiger partial charge in [-0.3, -0.25) is 25.2 Å². The molecule has 0 aliphatic carbocycles. The Balaban J connectivity index is 1.28. The van der Waals surface area contributed by atoms with Gasteiger partial charge in [-0.2, -0.15) is 0 Å². The normalized spacial score (nSPS) is 28.2. The van der Waals surface area contributed by atoms with Gasteiger partial charge in [-0.25, -0.2) is 20.3 Å². The molecule has 4 aliphatic heterocycles. The molecule has 15 heteroatoms. The van der Waals surface area contributed by atoms with Crippen molar-refractivity contribution in [2.24, 2.45) is 16.5 Å². The maximum Gasteiger partial charge on any atom is 0.343 e. The monoisotopic (exact) mass is 579 g/mol. The molecule has 42 heavy (non-hydrogen) atoms. The largest absolute Gasteiger partial charge is 0.492 e. The Morgan fingerprint density at radius 1 is 1.24 bits per heavy atom. The highest BCUT2D eigenvalue weighted by Crippen LogP contribution is 2.43. The number of rotatable bonds is 5. The van der Waals surface area contributed by atoms with E-state index in [1.165, 1.54) is 22.2 Å². The molecule has 0 saturated carbocycles. The van der Waals surface area contributed by atoms with Crippen LogP contribution >= 0.6 is 0 Å². The van der Waals surface area contributed by atoms with E-state index in [2.05, 4.69) is 44.4 Å². The van der Waals surface area contributed by atoms with Gasteiger partial charge in [-0.15, -0.1) is 0 Å². The first-order valence-corrected chi connectivity index (χ1v) is 13.7. The molecule has 2 unspecified atom stereocenters. The van der Waals surface area contributed by atoms with Crippen LogP contribution in [0.15, 0.2) is 41.7 Å². The van der Waals surface area contributed by atoms with Gasteiger partial charge < -0.3 is 30.9 Å². The van der Waals surface area contributed by atoms with Crippen molar-refractivity contribution in [3.8, 4) is 5.75 Å². The highest BCUT2D eigenvalue weighted by Gasteiger charge is 2.76. The predicted molar refractivity (Wildman–Crippen MR) is 149 cm³/mol. The van der Waals surface area contributed by atoms with Crippen LogP contribution in [-0.2, 0) is 5.41 Å². The minimum absolute atomic E-state index is 0.00505. The van der Waals surface area contributed by atoms with Gasteiger partial charge in [0.25, 0.3) is 17.5 Å². The summed E-state index contributed by atoms with van der Waals surface area (Å²) in [5.41, 5.74) is 11.8. The molecule has 1 fully saturated rings. The van der Waals surface area contributed by atoms with Crippen LogP contribution in [0.25, 0.3) is 0 Å². The fourth-order valence-electron chi connectivity index (χ4n) is 6.45. The molecule has 2 aromatic rings. The number of guanidine groups is 2.